The highest BCUT2D eigenvalue weighted by Crippen LogP contribution is 2.29. The molecular formula is C29H34N4O2S. The fraction of sp³-hybridized carbons (Fsp3) is 0.345. The lowest BCUT2D eigenvalue weighted by Crippen LogP contribution is -2.15. The van der Waals surface area contributed by atoms with Gasteiger partial charge in [-0.2, -0.15) is 0 Å². The maximum absolute atomic E-state index is 12.7. The normalized spacial score (nSPS) is 12.5. The summed E-state index contributed by atoms with van der Waals surface area (Å²) in [6.07, 6.45) is 2.74. The second-order valence-electron chi connectivity index (χ2n) is 10.1. The van der Waals surface area contributed by atoms with Crippen molar-refractivity contribution in [3.63, 3.8) is 0 Å². The molecule has 2 heterocycles. The maximum atomic E-state index is 12.7. The van der Waals surface area contributed by atoms with Crippen molar-refractivity contribution in [1.29, 1.82) is 0 Å². The summed E-state index contributed by atoms with van der Waals surface area (Å²) in [7, 11) is 0. The summed E-state index contributed by atoms with van der Waals surface area (Å²) in [6, 6.07) is 20.3. The van der Waals surface area contributed by atoms with Crippen LogP contribution in [-0.4, -0.2) is 26.4 Å². The van der Waals surface area contributed by atoms with Crippen LogP contribution in [0.3, 0.4) is 0 Å². The van der Waals surface area contributed by atoms with Gasteiger partial charge in [0.25, 0.3) is 0 Å². The van der Waals surface area contributed by atoms with Gasteiger partial charge in [-0.3, -0.25) is 9.36 Å². The van der Waals surface area contributed by atoms with Gasteiger partial charge < -0.3 is 9.73 Å². The average Bonchev–Trinajstić information content (AvgIpc) is 3.53. The van der Waals surface area contributed by atoms with Gasteiger partial charge in [-0.25, -0.2) is 0 Å². The van der Waals surface area contributed by atoms with Gasteiger partial charge in [-0.1, -0.05) is 82.8 Å². The standard InChI is InChI=1S/C29H34N4O2S/c1-6-20(2)21-11-15-24(16-12-21)30-26(34)19-36-28-32-31-27(33(28)18-25-8-7-17-35-25)22-9-13-23(14-10-22)29(3,4)5/h7-17,20H,6,18-19H2,1-5H3,(H,30,34)/t20-/m1/s1. The highest BCUT2D eigenvalue weighted by molar-refractivity contribution is 7.99. The number of nitrogens with one attached hydrogen (secondary N) is 1. The number of hydrogen-bond acceptors (Lipinski definition) is 5. The highest BCUT2D eigenvalue weighted by atomic mass is 32.2. The minimum Gasteiger partial charge on any atom is -0.467 e. The monoisotopic (exact) mass is 502 g/mol. The van der Waals surface area contributed by atoms with Gasteiger partial charge in [0.1, 0.15) is 5.76 Å². The quantitative estimate of drug-likeness (QED) is 0.247. The molecule has 0 bridgehead atoms. The first-order chi connectivity index (χ1) is 17.2. The molecule has 36 heavy (non-hydrogen) atoms. The summed E-state index contributed by atoms with van der Waals surface area (Å²) < 4.78 is 7.59. The second kappa shape index (κ2) is 11.2. The van der Waals surface area contributed by atoms with Crippen molar-refractivity contribution >= 4 is 23.4 Å². The number of rotatable bonds is 9. The Kier molecular flexibility index (Phi) is 7.99. The van der Waals surface area contributed by atoms with Crippen LogP contribution in [0.2, 0.25) is 0 Å². The predicted octanol–water partition coefficient (Wildman–Crippen LogP) is 7.13. The molecule has 1 amide bonds. The van der Waals surface area contributed by atoms with Crippen LogP contribution in [0.4, 0.5) is 5.69 Å². The van der Waals surface area contributed by atoms with Crippen LogP contribution in [0.5, 0.6) is 0 Å². The number of anilines is 1. The Morgan fingerprint density at radius 1 is 1.06 bits per heavy atom. The van der Waals surface area contributed by atoms with E-state index in [1.54, 1.807) is 6.26 Å². The first-order valence-electron chi connectivity index (χ1n) is 12.3. The predicted molar refractivity (Wildman–Crippen MR) is 146 cm³/mol. The summed E-state index contributed by atoms with van der Waals surface area (Å²) in [6.45, 7) is 11.5. The summed E-state index contributed by atoms with van der Waals surface area (Å²) in [5.41, 5.74) is 4.37. The molecule has 1 atom stereocenters. The van der Waals surface area contributed by atoms with Gasteiger partial charge >= 0.3 is 0 Å². The Bertz CT molecular complexity index is 1270. The molecule has 0 aliphatic rings. The van der Waals surface area contributed by atoms with Gasteiger partial charge in [0.15, 0.2) is 11.0 Å². The summed E-state index contributed by atoms with van der Waals surface area (Å²) in [5.74, 6) is 2.20. The first kappa shape index (κ1) is 25.8. The number of aromatic nitrogens is 3. The van der Waals surface area contributed by atoms with E-state index in [1.807, 2.05) is 28.8 Å². The molecule has 0 aliphatic carbocycles. The fourth-order valence-electron chi connectivity index (χ4n) is 3.89. The Morgan fingerprint density at radius 3 is 2.39 bits per heavy atom. The Morgan fingerprint density at radius 2 is 1.78 bits per heavy atom. The van der Waals surface area contributed by atoms with Gasteiger partial charge in [-0.15, -0.1) is 10.2 Å². The molecule has 0 radical (unpaired) electrons. The molecule has 4 rings (SSSR count). The molecule has 0 unspecified atom stereocenters. The smallest absolute Gasteiger partial charge is 0.234 e. The minimum absolute atomic E-state index is 0.0727. The number of hydrogen-bond donors (Lipinski definition) is 1. The van der Waals surface area contributed by atoms with Gasteiger partial charge in [0.2, 0.25) is 5.91 Å². The Hall–Kier alpha value is -3.32. The largest absolute Gasteiger partial charge is 0.467 e. The van der Waals surface area contributed by atoms with Crippen molar-refractivity contribution in [3.8, 4) is 11.4 Å². The van der Waals surface area contributed by atoms with E-state index in [9.17, 15) is 4.79 Å². The van der Waals surface area contributed by atoms with Crippen LogP contribution in [0.1, 0.15) is 63.8 Å². The topological polar surface area (TPSA) is 73.0 Å². The average molecular weight is 503 g/mol. The van der Waals surface area contributed by atoms with Crippen LogP contribution < -0.4 is 5.32 Å². The second-order valence-corrected chi connectivity index (χ2v) is 11.0. The SMILES string of the molecule is CC[C@@H](C)c1ccc(NC(=O)CSc2nnc(-c3ccc(C(C)(C)C)cc3)n2Cc2ccco2)cc1. The fourth-order valence-corrected chi connectivity index (χ4v) is 4.62. The zero-order chi connectivity index (χ0) is 25.7. The van der Waals surface area contributed by atoms with E-state index in [-0.39, 0.29) is 17.1 Å². The van der Waals surface area contributed by atoms with Crippen molar-refractivity contribution in [2.75, 3.05) is 11.1 Å². The van der Waals surface area contributed by atoms with E-state index in [2.05, 4.69) is 86.5 Å². The number of carbonyl (C=O) groups excluding carboxylic acids is 1. The third-order valence-corrected chi connectivity index (χ3v) is 7.29. The molecule has 188 valence electrons. The molecule has 0 fully saturated rings. The zero-order valence-electron chi connectivity index (χ0n) is 21.6. The van der Waals surface area contributed by atoms with Crippen molar-refractivity contribution in [3.05, 3.63) is 83.8 Å². The lowest BCUT2D eigenvalue weighted by atomic mass is 9.87. The van der Waals surface area contributed by atoms with Crippen LogP contribution >= 0.6 is 11.8 Å². The van der Waals surface area contributed by atoms with Crippen LogP contribution in [0.25, 0.3) is 11.4 Å². The third kappa shape index (κ3) is 6.26. The summed E-state index contributed by atoms with van der Waals surface area (Å²) in [5, 5.41) is 12.5. The van der Waals surface area contributed by atoms with Gasteiger partial charge in [-0.05, 0) is 53.1 Å². The number of amides is 1. The lowest BCUT2D eigenvalue weighted by molar-refractivity contribution is -0.113. The molecule has 6 nitrogen and oxygen atoms in total. The zero-order valence-corrected chi connectivity index (χ0v) is 22.4. The lowest BCUT2D eigenvalue weighted by Gasteiger charge is -2.19. The van der Waals surface area contributed by atoms with Crippen molar-refractivity contribution in [2.45, 2.75) is 64.1 Å². The first-order valence-corrected chi connectivity index (χ1v) is 13.3. The van der Waals surface area contributed by atoms with Crippen molar-refractivity contribution in [1.82, 2.24) is 14.8 Å². The van der Waals surface area contributed by atoms with E-state index in [1.165, 1.54) is 22.9 Å². The Labute approximate surface area is 217 Å². The molecule has 0 aliphatic heterocycles. The number of furan rings is 1. The van der Waals surface area contributed by atoms with Crippen LogP contribution in [0, 0.1) is 0 Å². The van der Waals surface area contributed by atoms with E-state index in [0.29, 0.717) is 17.6 Å². The number of thioether (sulfide) groups is 1. The van der Waals surface area contributed by atoms with E-state index in [4.69, 9.17) is 4.42 Å². The van der Waals surface area contributed by atoms with E-state index >= 15 is 0 Å². The maximum Gasteiger partial charge on any atom is 0.234 e. The number of carbonyl (C=O) groups is 1. The molecule has 1 N–H and O–H groups in total. The van der Waals surface area contributed by atoms with E-state index < -0.39 is 0 Å². The molecule has 0 spiro atoms. The van der Waals surface area contributed by atoms with Gasteiger partial charge in [0, 0.05) is 11.3 Å². The molecule has 2 aromatic carbocycles. The van der Waals surface area contributed by atoms with Gasteiger partial charge in [0.05, 0.1) is 18.6 Å². The molecule has 2 aromatic heterocycles. The molecule has 4 aromatic rings. The van der Waals surface area contributed by atoms with Crippen molar-refractivity contribution in [2.24, 2.45) is 0 Å². The summed E-state index contributed by atoms with van der Waals surface area (Å²) in [4.78, 5) is 12.7. The molecule has 0 saturated carbocycles. The summed E-state index contributed by atoms with van der Waals surface area (Å²) >= 11 is 1.37. The number of nitrogens with zero attached hydrogens (tertiary/aromatic N) is 3. The number of benzene rings is 2. The molecular weight excluding hydrogens is 468 g/mol. The minimum atomic E-state index is -0.0834. The van der Waals surface area contributed by atoms with Crippen molar-refractivity contribution < 1.29 is 9.21 Å². The third-order valence-electron chi connectivity index (χ3n) is 6.33. The Balaban J connectivity index is 1.49. The molecule has 7 heteroatoms. The van der Waals surface area contributed by atoms with Crippen LogP contribution in [-0.2, 0) is 16.8 Å². The van der Waals surface area contributed by atoms with Crippen LogP contribution in [0.15, 0.2) is 76.5 Å². The van der Waals surface area contributed by atoms with E-state index in [0.717, 1.165) is 29.3 Å². The molecule has 0 saturated heterocycles. The highest BCUT2D eigenvalue weighted by Gasteiger charge is 2.19.